The van der Waals surface area contributed by atoms with Crippen molar-refractivity contribution in [1.29, 1.82) is 0 Å². The van der Waals surface area contributed by atoms with Gasteiger partial charge in [-0.1, -0.05) is 32.0 Å². The third kappa shape index (κ3) is 2.95. The van der Waals surface area contributed by atoms with E-state index in [-0.39, 0.29) is 23.6 Å². The summed E-state index contributed by atoms with van der Waals surface area (Å²) in [5.41, 5.74) is 1.69. The Kier molecular flexibility index (Phi) is 4.20. The molecule has 0 saturated heterocycles. The van der Waals surface area contributed by atoms with Crippen LogP contribution in [-0.2, 0) is 7.05 Å². The molecular formula is C18H20N4O2. The lowest BCUT2D eigenvalue weighted by Gasteiger charge is -2.24. The maximum absolute atomic E-state index is 12.5. The molecule has 1 unspecified atom stereocenters. The number of phenolic OH excluding ortho intramolecular Hbond substituents is 1. The van der Waals surface area contributed by atoms with E-state index in [0.717, 1.165) is 5.39 Å². The van der Waals surface area contributed by atoms with Crippen LogP contribution in [0.15, 0.2) is 42.9 Å². The van der Waals surface area contributed by atoms with Crippen molar-refractivity contribution in [3.8, 4) is 5.75 Å². The minimum Gasteiger partial charge on any atom is -0.505 e. The Hall–Kier alpha value is -2.89. The first-order valence-corrected chi connectivity index (χ1v) is 7.83. The van der Waals surface area contributed by atoms with E-state index in [1.54, 1.807) is 24.1 Å². The van der Waals surface area contributed by atoms with Gasteiger partial charge >= 0.3 is 0 Å². The number of rotatable bonds is 4. The highest BCUT2D eigenvalue weighted by Gasteiger charge is 2.23. The average Bonchev–Trinajstić information content (AvgIpc) is 3.00. The maximum atomic E-state index is 12.5. The molecule has 1 aromatic carbocycles. The van der Waals surface area contributed by atoms with Gasteiger partial charge in [-0.05, 0) is 12.0 Å². The number of phenols is 1. The number of carbonyl (C=O) groups excluding carboxylic acids is 1. The fraction of sp³-hybridized carbons (Fsp3) is 0.278. The summed E-state index contributed by atoms with van der Waals surface area (Å²) in [7, 11) is 1.76. The Labute approximate surface area is 140 Å². The molecule has 1 atom stereocenters. The smallest absolute Gasteiger partial charge is 0.254 e. The third-order valence-electron chi connectivity index (χ3n) is 4.03. The molecule has 124 valence electrons. The topological polar surface area (TPSA) is 80.0 Å². The molecule has 0 radical (unpaired) electrons. The Bertz CT molecular complexity index is 886. The van der Waals surface area contributed by atoms with Crippen molar-refractivity contribution in [2.24, 2.45) is 13.0 Å². The Balaban J connectivity index is 1.96. The lowest BCUT2D eigenvalue weighted by molar-refractivity contribution is 0.0925. The number of pyridine rings is 1. The van der Waals surface area contributed by atoms with Crippen molar-refractivity contribution >= 4 is 16.8 Å². The predicted octanol–water partition coefficient (Wildman–Crippen LogP) is 2.80. The van der Waals surface area contributed by atoms with Crippen LogP contribution >= 0.6 is 0 Å². The van der Waals surface area contributed by atoms with Crippen LogP contribution in [0, 0.1) is 5.92 Å². The second kappa shape index (κ2) is 6.31. The van der Waals surface area contributed by atoms with Gasteiger partial charge in [0.2, 0.25) is 0 Å². The minimum absolute atomic E-state index is 0.0951. The van der Waals surface area contributed by atoms with E-state index in [4.69, 9.17) is 0 Å². The number of hydrogen-bond donors (Lipinski definition) is 2. The lowest BCUT2D eigenvalue weighted by Crippen LogP contribution is -2.31. The number of carbonyl (C=O) groups is 1. The van der Waals surface area contributed by atoms with Crippen molar-refractivity contribution in [1.82, 2.24) is 20.1 Å². The van der Waals surface area contributed by atoms with Crippen LogP contribution in [0.25, 0.3) is 10.9 Å². The molecule has 2 N–H and O–H groups in total. The molecule has 0 aliphatic rings. The second-order valence-corrected chi connectivity index (χ2v) is 6.18. The van der Waals surface area contributed by atoms with Crippen LogP contribution in [-0.4, -0.2) is 25.8 Å². The lowest BCUT2D eigenvalue weighted by atomic mass is 9.93. The van der Waals surface area contributed by atoms with Gasteiger partial charge < -0.3 is 10.4 Å². The molecule has 0 bridgehead atoms. The van der Waals surface area contributed by atoms with E-state index in [1.165, 1.54) is 6.20 Å². The van der Waals surface area contributed by atoms with E-state index in [0.29, 0.717) is 16.6 Å². The first-order valence-electron chi connectivity index (χ1n) is 7.83. The number of aromatic nitrogens is 3. The second-order valence-electron chi connectivity index (χ2n) is 6.18. The molecule has 2 aromatic heterocycles. The Morgan fingerprint density at radius 3 is 2.75 bits per heavy atom. The molecule has 0 fully saturated rings. The maximum Gasteiger partial charge on any atom is 0.254 e. The summed E-state index contributed by atoms with van der Waals surface area (Å²) in [6.07, 6.45) is 4.83. The number of hydrogen-bond acceptors (Lipinski definition) is 4. The third-order valence-corrected chi connectivity index (χ3v) is 4.03. The van der Waals surface area contributed by atoms with Crippen LogP contribution in [0.3, 0.4) is 0 Å². The Morgan fingerprint density at radius 1 is 1.29 bits per heavy atom. The molecule has 3 rings (SSSR count). The normalized spacial score (nSPS) is 12.5. The van der Waals surface area contributed by atoms with Crippen LogP contribution in [0.1, 0.15) is 35.8 Å². The van der Waals surface area contributed by atoms with Gasteiger partial charge in [-0.15, -0.1) is 0 Å². The molecule has 0 saturated carbocycles. The highest BCUT2D eigenvalue weighted by molar-refractivity contribution is 5.94. The van der Waals surface area contributed by atoms with Gasteiger partial charge in [0.05, 0.1) is 17.8 Å². The first kappa shape index (κ1) is 16.0. The summed E-state index contributed by atoms with van der Waals surface area (Å²) in [6.45, 7) is 3.99. The van der Waals surface area contributed by atoms with Crippen LogP contribution in [0.2, 0.25) is 0 Å². The van der Waals surface area contributed by atoms with Gasteiger partial charge in [-0.2, -0.15) is 5.10 Å². The highest BCUT2D eigenvalue weighted by Crippen LogP contribution is 2.34. The molecule has 3 aromatic rings. The summed E-state index contributed by atoms with van der Waals surface area (Å²) in [5, 5.41) is 18.5. The highest BCUT2D eigenvalue weighted by atomic mass is 16.3. The van der Waals surface area contributed by atoms with Gasteiger partial charge in [0, 0.05) is 30.4 Å². The Morgan fingerprint density at radius 2 is 2.08 bits per heavy atom. The first-order chi connectivity index (χ1) is 11.5. The number of fused-ring (bicyclic) bond motifs is 1. The van der Waals surface area contributed by atoms with E-state index in [9.17, 15) is 9.90 Å². The van der Waals surface area contributed by atoms with Crippen LogP contribution < -0.4 is 5.32 Å². The summed E-state index contributed by atoms with van der Waals surface area (Å²) in [6, 6.07) is 7.14. The van der Waals surface area contributed by atoms with Crippen molar-refractivity contribution in [2.45, 2.75) is 19.9 Å². The summed E-state index contributed by atoms with van der Waals surface area (Å²) in [5.74, 6) is -0.0155. The van der Waals surface area contributed by atoms with Crippen molar-refractivity contribution < 1.29 is 9.90 Å². The van der Waals surface area contributed by atoms with E-state index in [1.807, 2.05) is 38.1 Å². The number of amides is 1. The summed E-state index contributed by atoms with van der Waals surface area (Å²) < 4.78 is 1.58. The quantitative estimate of drug-likeness (QED) is 0.773. The number of benzene rings is 1. The number of nitrogens with zero attached hydrogens (tertiary/aromatic N) is 3. The number of nitrogens with one attached hydrogen (secondary N) is 1. The van der Waals surface area contributed by atoms with Gasteiger partial charge in [0.15, 0.2) is 0 Å². The fourth-order valence-corrected chi connectivity index (χ4v) is 2.76. The van der Waals surface area contributed by atoms with Gasteiger partial charge in [0.1, 0.15) is 11.3 Å². The average molecular weight is 324 g/mol. The molecule has 24 heavy (non-hydrogen) atoms. The minimum atomic E-state index is -0.330. The van der Waals surface area contributed by atoms with Crippen molar-refractivity contribution in [3.05, 3.63) is 54.0 Å². The molecule has 0 aliphatic carbocycles. The zero-order chi connectivity index (χ0) is 17.3. The molecule has 6 heteroatoms. The SMILES string of the molecule is CC(C)C(NC(=O)c1cnn(C)c1)c1ccc2cccnc2c1O. The fourth-order valence-electron chi connectivity index (χ4n) is 2.76. The largest absolute Gasteiger partial charge is 0.505 e. The molecular weight excluding hydrogens is 304 g/mol. The van der Waals surface area contributed by atoms with E-state index < -0.39 is 0 Å². The number of aryl methyl sites for hydroxylation is 1. The van der Waals surface area contributed by atoms with Gasteiger partial charge in [-0.3, -0.25) is 14.5 Å². The number of aromatic hydroxyl groups is 1. The zero-order valence-electron chi connectivity index (χ0n) is 13.9. The molecule has 1 amide bonds. The monoisotopic (exact) mass is 324 g/mol. The predicted molar refractivity (Wildman–Crippen MR) is 91.7 cm³/mol. The molecule has 2 heterocycles. The van der Waals surface area contributed by atoms with E-state index >= 15 is 0 Å². The van der Waals surface area contributed by atoms with Gasteiger partial charge in [-0.25, -0.2) is 0 Å². The molecule has 0 aliphatic heterocycles. The molecule has 6 nitrogen and oxygen atoms in total. The molecule has 0 spiro atoms. The zero-order valence-corrected chi connectivity index (χ0v) is 13.9. The van der Waals surface area contributed by atoms with E-state index in [2.05, 4.69) is 15.4 Å². The van der Waals surface area contributed by atoms with Crippen molar-refractivity contribution in [2.75, 3.05) is 0 Å². The van der Waals surface area contributed by atoms with Crippen molar-refractivity contribution in [3.63, 3.8) is 0 Å². The van der Waals surface area contributed by atoms with Crippen LogP contribution in [0.5, 0.6) is 5.75 Å². The van der Waals surface area contributed by atoms with Gasteiger partial charge in [0.25, 0.3) is 5.91 Å². The standard InChI is InChI=1S/C18H20N4O2/c1-11(2)15(21-18(24)13-9-20-22(3)10-13)14-7-6-12-5-4-8-19-16(12)17(14)23/h4-11,15,23H,1-3H3,(H,21,24). The van der Waals surface area contributed by atoms with Crippen LogP contribution in [0.4, 0.5) is 0 Å². The summed E-state index contributed by atoms with van der Waals surface area (Å²) in [4.78, 5) is 16.7. The summed E-state index contributed by atoms with van der Waals surface area (Å²) >= 11 is 0.